The molecule has 3 amide bonds. The number of hydrogen-bond donors (Lipinski definition) is 2. The van der Waals surface area contributed by atoms with E-state index in [0.29, 0.717) is 23.6 Å². The third-order valence-corrected chi connectivity index (χ3v) is 5.31. The summed E-state index contributed by atoms with van der Waals surface area (Å²) in [7, 11) is 0. The minimum Gasteiger partial charge on any atom is -0.504 e. The summed E-state index contributed by atoms with van der Waals surface area (Å²) in [6.45, 7) is 3.85. The van der Waals surface area contributed by atoms with Crippen molar-refractivity contribution in [2.45, 2.75) is 20.3 Å². The van der Waals surface area contributed by atoms with Crippen molar-refractivity contribution in [1.82, 2.24) is 4.90 Å². The molecule has 1 aliphatic rings. The number of nitrogens with one attached hydrogen (secondary N) is 1. The number of amides is 3. The third kappa shape index (κ3) is 5.01. The summed E-state index contributed by atoms with van der Waals surface area (Å²) in [4.78, 5) is 38.3. The van der Waals surface area contributed by atoms with E-state index in [9.17, 15) is 19.5 Å². The molecule has 156 valence electrons. The normalized spacial score (nSPS) is 15.0. The summed E-state index contributed by atoms with van der Waals surface area (Å²) >= 11 is 0.768. The summed E-state index contributed by atoms with van der Waals surface area (Å²) in [5.74, 6) is -0.705. The topological polar surface area (TPSA) is 95.9 Å². The first-order valence-electron chi connectivity index (χ1n) is 9.51. The molecule has 0 unspecified atom stereocenters. The maximum Gasteiger partial charge on any atom is 0.294 e. The maximum atomic E-state index is 12.6. The minimum atomic E-state index is -0.535. The number of hydrogen-bond acceptors (Lipinski definition) is 6. The summed E-state index contributed by atoms with van der Waals surface area (Å²) < 4.78 is 5.33. The van der Waals surface area contributed by atoms with E-state index >= 15 is 0 Å². The average molecular weight is 426 g/mol. The molecule has 0 atom stereocenters. The van der Waals surface area contributed by atoms with Crippen LogP contribution in [0.2, 0.25) is 0 Å². The number of imide groups is 1. The van der Waals surface area contributed by atoms with Gasteiger partial charge in [0.05, 0.1) is 11.5 Å². The number of phenolic OH excluding ortho intramolecular Hbond substituents is 1. The highest BCUT2D eigenvalue weighted by atomic mass is 32.2. The molecule has 0 aromatic heterocycles. The molecule has 0 spiro atoms. The van der Waals surface area contributed by atoms with Crippen molar-refractivity contribution < 1.29 is 24.2 Å². The summed E-state index contributed by atoms with van der Waals surface area (Å²) in [6.07, 6.45) is 2.43. The smallest absolute Gasteiger partial charge is 0.294 e. The van der Waals surface area contributed by atoms with Crippen molar-refractivity contribution in [3.8, 4) is 11.5 Å². The quantitative estimate of drug-likeness (QED) is 0.649. The second kappa shape index (κ2) is 9.49. The molecular weight excluding hydrogens is 404 g/mol. The fourth-order valence-corrected chi connectivity index (χ4v) is 3.69. The van der Waals surface area contributed by atoms with Gasteiger partial charge in [-0.25, -0.2) is 0 Å². The van der Waals surface area contributed by atoms with Gasteiger partial charge < -0.3 is 15.2 Å². The molecule has 1 heterocycles. The lowest BCUT2D eigenvalue weighted by atomic mass is 10.1. The van der Waals surface area contributed by atoms with E-state index in [1.807, 2.05) is 19.1 Å². The lowest BCUT2D eigenvalue weighted by molar-refractivity contribution is -0.127. The van der Waals surface area contributed by atoms with Crippen molar-refractivity contribution in [2.75, 3.05) is 18.5 Å². The van der Waals surface area contributed by atoms with E-state index in [2.05, 4.69) is 5.32 Å². The second-order valence-electron chi connectivity index (χ2n) is 6.53. The Morgan fingerprint density at radius 2 is 1.90 bits per heavy atom. The molecule has 0 radical (unpaired) electrons. The van der Waals surface area contributed by atoms with Gasteiger partial charge in [-0.3, -0.25) is 19.3 Å². The minimum absolute atomic E-state index is 0.00857. The standard InChI is InChI=1S/C22H22N2O5S/c1-3-14-5-8-16(9-6-14)23-20(26)13-24-21(27)19(30-22(24)28)12-15-7-10-17(25)18(11-15)29-4-2/h5-12,25H,3-4,13H2,1-2H3,(H,23,26)/b19-12+. The van der Waals surface area contributed by atoms with Crippen LogP contribution < -0.4 is 10.1 Å². The number of aryl methyl sites for hydroxylation is 1. The van der Waals surface area contributed by atoms with E-state index in [0.717, 1.165) is 28.6 Å². The molecule has 1 saturated heterocycles. The maximum absolute atomic E-state index is 12.6. The van der Waals surface area contributed by atoms with Crippen molar-refractivity contribution in [2.24, 2.45) is 0 Å². The van der Waals surface area contributed by atoms with Gasteiger partial charge in [-0.1, -0.05) is 25.1 Å². The van der Waals surface area contributed by atoms with Gasteiger partial charge in [-0.15, -0.1) is 0 Å². The highest BCUT2D eigenvalue weighted by molar-refractivity contribution is 8.18. The van der Waals surface area contributed by atoms with Gasteiger partial charge in [0.15, 0.2) is 11.5 Å². The molecule has 1 fully saturated rings. The van der Waals surface area contributed by atoms with Crippen LogP contribution in [0.15, 0.2) is 47.4 Å². The van der Waals surface area contributed by atoms with Gasteiger partial charge in [0.2, 0.25) is 5.91 Å². The van der Waals surface area contributed by atoms with Gasteiger partial charge in [0, 0.05) is 5.69 Å². The van der Waals surface area contributed by atoms with Crippen LogP contribution in [0.1, 0.15) is 25.0 Å². The van der Waals surface area contributed by atoms with E-state index < -0.39 is 17.1 Å². The first kappa shape index (κ1) is 21.4. The summed E-state index contributed by atoms with van der Waals surface area (Å²) in [5, 5.41) is 12.0. The number of phenols is 1. The number of rotatable bonds is 7. The SMILES string of the molecule is CCOc1cc(/C=C2/SC(=O)N(CC(=O)Nc3ccc(CC)cc3)C2=O)ccc1O. The lowest BCUT2D eigenvalue weighted by Crippen LogP contribution is -2.36. The summed E-state index contributed by atoms with van der Waals surface area (Å²) in [5.41, 5.74) is 2.35. The van der Waals surface area contributed by atoms with Crippen LogP contribution in [-0.4, -0.2) is 40.2 Å². The van der Waals surface area contributed by atoms with Gasteiger partial charge >= 0.3 is 0 Å². The summed E-state index contributed by atoms with van der Waals surface area (Å²) in [6, 6.07) is 12.0. The number of benzene rings is 2. The molecule has 0 bridgehead atoms. The van der Waals surface area contributed by atoms with E-state index in [1.54, 1.807) is 31.2 Å². The number of ether oxygens (including phenoxy) is 1. The third-order valence-electron chi connectivity index (χ3n) is 4.40. The van der Waals surface area contributed by atoms with Crippen molar-refractivity contribution >= 4 is 40.6 Å². The van der Waals surface area contributed by atoms with Gasteiger partial charge in [0.1, 0.15) is 6.54 Å². The zero-order valence-electron chi connectivity index (χ0n) is 16.7. The van der Waals surface area contributed by atoms with Crippen LogP contribution in [0.5, 0.6) is 11.5 Å². The number of nitrogens with zero attached hydrogens (tertiary/aromatic N) is 1. The molecule has 2 N–H and O–H groups in total. The number of carbonyl (C=O) groups is 3. The highest BCUT2D eigenvalue weighted by Crippen LogP contribution is 2.34. The number of thioether (sulfide) groups is 1. The highest BCUT2D eigenvalue weighted by Gasteiger charge is 2.36. The Kier molecular flexibility index (Phi) is 6.79. The first-order chi connectivity index (χ1) is 14.4. The number of carbonyl (C=O) groups excluding carboxylic acids is 3. The molecule has 8 heteroatoms. The van der Waals surface area contributed by atoms with Crippen LogP contribution in [-0.2, 0) is 16.0 Å². The Morgan fingerprint density at radius 3 is 2.57 bits per heavy atom. The van der Waals surface area contributed by atoms with Crippen molar-refractivity contribution in [3.63, 3.8) is 0 Å². The molecule has 7 nitrogen and oxygen atoms in total. The van der Waals surface area contributed by atoms with Gasteiger partial charge in [-0.05, 0) is 66.6 Å². The predicted octanol–water partition coefficient (Wildman–Crippen LogP) is 4.03. The first-order valence-corrected chi connectivity index (χ1v) is 10.3. The van der Waals surface area contributed by atoms with Crippen molar-refractivity contribution in [1.29, 1.82) is 0 Å². The Labute approximate surface area is 178 Å². The molecule has 0 aliphatic carbocycles. The molecular formula is C22H22N2O5S. The second-order valence-corrected chi connectivity index (χ2v) is 7.52. The molecule has 2 aromatic carbocycles. The van der Waals surface area contributed by atoms with Crippen LogP contribution in [0.3, 0.4) is 0 Å². The van der Waals surface area contributed by atoms with E-state index in [1.165, 1.54) is 12.1 Å². The Balaban J connectivity index is 1.68. The molecule has 30 heavy (non-hydrogen) atoms. The van der Waals surface area contributed by atoms with Gasteiger partial charge in [-0.2, -0.15) is 0 Å². The van der Waals surface area contributed by atoms with Crippen LogP contribution in [0.25, 0.3) is 6.08 Å². The largest absolute Gasteiger partial charge is 0.504 e. The zero-order chi connectivity index (χ0) is 21.7. The molecule has 3 rings (SSSR count). The average Bonchev–Trinajstić information content (AvgIpc) is 2.98. The Bertz CT molecular complexity index is 1000. The number of anilines is 1. The Morgan fingerprint density at radius 1 is 1.17 bits per heavy atom. The Hall–Kier alpha value is -3.26. The molecule has 1 aliphatic heterocycles. The zero-order valence-corrected chi connectivity index (χ0v) is 17.5. The fourth-order valence-electron chi connectivity index (χ4n) is 2.85. The van der Waals surface area contributed by atoms with Gasteiger partial charge in [0.25, 0.3) is 11.1 Å². The predicted molar refractivity (Wildman–Crippen MR) is 116 cm³/mol. The van der Waals surface area contributed by atoms with Crippen LogP contribution in [0, 0.1) is 0 Å². The van der Waals surface area contributed by atoms with E-state index in [-0.39, 0.29) is 17.2 Å². The monoisotopic (exact) mass is 426 g/mol. The van der Waals surface area contributed by atoms with Crippen molar-refractivity contribution in [3.05, 3.63) is 58.5 Å². The molecule has 0 saturated carbocycles. The molecule has 2 aromatic rings. The fraction of sp³-hybridized carbons (Fsp3) is 0.227. The van der Waals surface area contributed by atoms with Crippen LogP contribution in [0.4, 0.5) is 10.5 Å². The van der Waals surface area contributed by atoms with E-state index in [4.69, 9.17) is 4.74 Å². The van der Waals surface area contributed by atoms with Crippen LogP contribution >= 0.6 is 11.8 Å². The number of aromatic hydroxyl groups is 1. The lowest BCUT2D eigenvalue weighted by Gasteiger charge is -2.12.